The summed E-state index contributed by atoms with van der Waals surface area (Å²) in [5.41, 5.74) is 0.809. The van der Waals surface area contributed by atoms with Crippen LogP contribution in [0, 0.1) is 0 Å². The average Bonchev–Trinajstić information content (AvgIpc) is 2.54. The summed E-state index contributed by atoms with van der Waals surface area (Å²) in [6.07, 6.45) is 1.33. The van der Waals surface area contributed by atoms with Gasteiger partial charge in [0.1, 0.15) is 6.54 Å². The summed E-state index contributed by atoms with van der Waals surface area (Å²) in [7, 11) is 1.38. The highest BCUT2D eigenvalue weighted by molar-refractivity contribution is 5.90. The minimum atomic E-state index is -0.520. The molecule has 0 aliphatic rings. The Labute approximate surface area is 133 Å². The highest BCUT2D eigenvalue weighted by Crippen LogP contribution is 2.10. The Hall–Kier alpha value is -2.67. The van der Waals surface area contributed by atoms with Gasteiger partial charge in [-0.15, -0.1) is 0 Å². The van der Waals surface area contributed by atoms with Gasteiger partial charge < -0.3 is 10.6 Å². The summed E-state index contributed by atoms with van der Waals surface area (Å²) in [6, 6.07) is 8.75. The van der Waals surface area contributed by atoms with Gasteiger partial charge in [0.2, 0.25) is 5.91 Å². The van der Waals surface area contributed by atoms with E-state index in [0.717, 1.165) is 23.2 Å². The number of rotatable bonds is 6. The third-order valence-corrected chi connectivity index (χ3v) is 3.36. The van der Waals surface area contributed by atoms with Crippen LogP contribution in [-0.4, -0.2) is 21.6 Å². The summed E-state index contributed by atoms with van der Waals surface area (Å²) < 4.78 is 2.16. The van der Waals surface area contributed by atoms with E-state index < -0.39 is 11.2 Å². The molecule has 1 aromatic heterocycles. The van der Waals surface area contributed by atoms with Crippen LogP contribution in [0.25, 0.3) is 0 Å². The number of nitrogens with zero attached hydrogens (tertiary/aromatic N) is 2. The molecular formula is C16H20N4O3. The Morgan fingerprint density at radius 2 is 2.00 bits per heavy atom. The van der Waals surface area contributed by atoms with Crippen LogP contribution < -0.4 is 21.9 Å². The first-order chi connectivity index (χ1) is 11.0. The number of carbonyl (C=O) groups is 1. The number of anilines is 1. The molecule has 0 saturated carbocycles. The molecule has 0 bridgehead atoms. The Morgan fingerprint density at radius 3 is 2.74 bits per heavy atom. The normalized spacial score (nSPS) is 10.5. The molecule has 0 radical (unpaired) electrons. The second-order valence-electron chi connectivity index (χ2n) is 5.15. The number of benzene rings is 1. The van der Waals surface area contributed by atoms with Crippen molar-refractivity contribution < 1.29 is 4.79 Å². The van der Waals surface area contributed by atoms with Crippen molar-refractivity contribution in [2.45, 2.75) is 20.0 Å². The summed E-state index contributed by atoms with van der Waals surface area (Å²) in [5.74, 6) is -0.327. The number of hydrogen-bond donors (Lipinski definition) is 2. The molecule has 2 aromatic rings. The molecule has 23 heavy (non-hydrogen) atoms. The molecule has 0 aliphatic carbocycles. The Balaban J connectivity index is 2.07. The SMILES string of the molecule is CCNCc1cccc(NC(=O)Cn2ccc(=O)n(C)c2=O)c1. The van der Waals surface area contributed by atoms with E-state index in [2.05, 4.69) is 10.6 Å². The molecule has 1 heterocycles. The molecule has 7 heteroatoms. The van der Waals surface area contributed by atoms with Gasteiger partial charge in [-0.1, -0.05) is 19.1 Å². The monoisotopic (exact) mass is 316 g/mol. The average molecular weight is 316 g/mol. The summed E-state index contributed by atoms with van der Waals surface area (Å²) >= 11 is 0. The predicted octanol–water partition coefficient (Wildman–Crippen LogP) is 0.295. The fraction of sp³-hybridized carbons (Fsp3) is 0.312. The molecule has 2 rings (SSSR count). The molecule has 1 aromatic carbocycles. The molecule has 0 atom stereocenters. The summed E-state index contributed by atoms with van der Waals surface area (Å²) in [6.45, 7) is 3.47. The third kappa shape index (κ3) is 4.40. The van der Waals surface area contributed by atoms with E-state index in [1.807, 2.05) is 25.1 Å². The molecule has 0 unspecified atom stereocenters. The molecule has 7 nitrogen and oxygen atoms in total. The van der Waals surface area contributed by atoms with E-state index in [9.17, 15) is 14.4 Å². The Morgan fingerprint density at radius 1 is 1.22 bits per heavy atom. The van der Waals surface area contributed by atoms with Crippen LogP contribution in [0.1, 0.15) is 12.5 Å². The van der Waals surface area contributed by atoms with Gasteiger partial charge >= 0.3 is 5.69 Å². The smallest absolute Gasteiger partial charge is 0.325 e. The number of aromatic nitrogens is 2. The van der Waals surface area contributed by atoms with Crippen molar-refractivity contribution in [2.24, 2.45) is 7.05 Å². The highest BCUT2D eigenvalue weighted by Gasteiger charge is 2.07. The topological polar surface area (TPSA) is 85.1 Å². The predicted molar refractivity (Wildman–Crippen MR) is 88.4 cm³/mol. The third-order valence-electron chi connectivity index (χ3n) is 3.36. The minimum Gasteiger partial charge on any atom is -0.325 e. The van der Waals surface area contributed by atoms with Gasteiger partial charge in [-0.05, 0) is 24.2 Å². The number of nitrogens with one attached hydrogen (secondary N) is 2. The summed E-state index contributed by atoms with van der Waals surface area (Å²) in [4.78, 5) is 35.3. The number of amides is 1. The molecule has 2 N–H and O–H groups in total. The van der Waals surface area contributed by atoms with Crippen molar-refractivity contribution in [1.82, 2.24) is 14.5 Å². The van der Waals surface area contributed by atoms with Crippen LogP contribution >= 0.6 is 0 Å². The lowest BCUT2D eigenvalue weighted by Gasteiger charge is -2.09. The molecular weight excluding hydrogens is 296 g/mol. The molecule has 122 valence electrons. The van der Waals surface area contributed by atoms with E-state index in [0.29, 0.717) is 5.69 Å². The Kier molecular flexibility index (Phi) is 5.48. The van der Waals surface area contributed by atoms with E-state index in [1.54, 1.807) is 6.07 Å². The zero-order valence-electron chi connectivity index (χ0n) is 13.2. The van der Waals surface area contributed by atoms with Crippen LogP contribution in [0.5, 0.6) is 0 Å². The molecule has 0 aliphatic heterocycles. The van der Waals surface area contributed by atoms with Crippen LogP contribution in [0.2, 0.25) is 0 Å². The van der Waals surface area contributed by atoms with Crippen LogP contribution in [-0.2, 0) is 24.9 Å². The maximum absolute atomic E-state index is 12.1. The quantitative estimate of drug-likeness (QED) is 0.802. The fourth-order valence-electron chi connectivity index (χ4n) is 2.12. The minimum absolute atomic E-state index is 0.148. The van der Waals surface area contributed by atoms with Crippen molar-refractivity contribution in [3.8, 4) is 0 Å². The standard InChI is InChI=1S/C16H20N4O3/c1-3-17-10-12-5-4-6-13(9-12)18-14(21)11-20-8-7-15(22)19(2)16(20)23/h4-9,17H,3,10-11H2,1-2H3,(H,18,21). The maximum Gasteiger partial charge on any atom is 0.331 e. The first kappa shape index (κ1) is 16.7. The largest absolute Gasteiger partial charge is 0.331 e. The van der Waals surface area contributed by atoms with Crippen molar-refractivity contribution in [1.29, 1.82) is 0 Å². The lowest BCUT2D eigenvalue weighted by molar-refractivity contribution is -0.116. The zero-order chi connectivity index (χ0) is 16.8. The molecule has 1 amide bonds. The summed E-state index contributed by atoms with van der Waals surface area (Å²) in [5, 5.41) is 5.97. The van der Waals surface area contributed by atoms with Crippen LogP contribution in [0.4, 0.5) is 5.69 Å². The van der Waals surface area contributed by atoms with Gasteiger partial charge in [-0.2, -0.15) is 0 Å². The van der Waals surface area contributed by atoms with Crippen molar-refractivity contribution >= 4 is 11.6 Å². The maximum atomic E-state index is 12.1. The van der Waals surface area contributed by atoms with E-state index >= 15 is 0 Å². The van der Waals surface area contributed by atoms with Gasteiger partial charge in [0.15, 0.2) is 0 Å². The van der Waals surface area contributed by atoms with Crippen molar-refractivity contribution in [3.05, 3.63) is 62.9 Å². The van der Waals surface area contributed by atoms with Crippen molar-refractivity contribution in [2.75, 3.05) is 11.9 Å². The first-order valence-corrected chi connectivity index (χ1v) is 7.37. The van der Waals surface area contributed by atoms with Crippen molar-refractivity contribution in [3.63, 3.8) is 0 Å². The van der Waals surface area contributed by atoms with Gasteiger partial charge in [0, 0.05) is 31.5 Å². The number of hydrogen-bond acceptors (Lipinski definition) is 4. The zero-order valence-corrected chi connectivity index (χ0v) is 13.2. The molecule has 0 spiro atoms. The first-order valence-electron chi connectivity index (χ1n) is 7.37. The lowest BCUT2D eigenvalue weighted by atomic mass is 10.2. The van der Waals surface area contributed by atoms with E-state index in [4.69, 9.17) is 0 Å². The highest BCUT2D eigenvalue weighted by atomic mass is 16.2. The molecule has 0 saturated heterocycles. The van der Waals surface area contributed by atoms with Gasteiger partial charge in [0.05, 0.1) is 0 Å². The molecule has 0 fully saturated rings. The Bertz CT molecular complexity index is 807. The van der Waals surface area contributed by atoms with Gasteiger partial charge in [-0.25, -0.2) is 4.79 Å². The van der Waals surface area contributed by atoms with E-state index in [1.165, 1.54) is 23.9 Å². The van der Waals surface area contributed by atoms with Gasteiger partial charge in [-0.3, -0.25) is 18.7 Å². The fourth-order valence-corrected chi connectivity index (χ4v) is 2.12. The second kappa shape index (κ2) is 7.55. The second-order valence-corrected chi connectivity index (χ2v) is 5.15. The van der Waals surface area contributed by atoms with Gasteiger partial charge in [0.25, 0.3) is 5.56 Å². The van der Waals surface area contributed by atoms with Crippen LogP contribution in [0.3, 0.4) is 0 Å². The van der Waals surface area contributed by atoms with E-state index in [-0.39, 0.29) is 12.5 Å². The lowest BCUT2D eigenvalue weighted by Crippen LogP contribution is -2.38. The number of carbonyl (C=O) groups excluding carboxylic acids is 1. The van der Waals surface area contributed by atoms with Crippen LogP contribution in [0.15, 0.2) is 46.1 Å².